The third kappa shape index (κ3) is 4.73. The van der Waals surface area contributed by atoms with Gasteiger partial charge in [-0.15, -0.1) is 0 Å². The molecule has 0 spiro atoms. The van der Waals surface area contributed by atoms with Gasteiger partial charge in [-0.3, -0.25) is 9.36 Å². The highest BCUT2D eigenvalue weighted by molar-refractivity contribution is 7.89. The minimum absolute atomic E-state index is 0.111. The second-order valence-corrected chi connectivity index (χ2v) is 10.1. The molecule has 1 atom stereocenters. The van der Waals surface area contributed by atoms with Crippen LogP contribution < -0.4 is 10.3 Å². The Kier molecular flexibility index (Phi) is 6.19. The maximum Gasteiger partial charge on any atom is 0.338 e. The summed E-state index contributed by atoms with van der Waals surface area (Å²) in [5.74, 6) is 0.0764. The fourth-order valence-corrected chi connectivity index (χ4v) is 5.22. The van der Waals surface area contributed by atoms with E-state index in [1.807, 2.05) is 6.07 Å². The van der Waals surface area contributed by atoms with E-state index in [9.17, 15) is 18.0 Å². The number of aryl methyl sites for hydroxylation is 1. The van der Waals surface area contributed by atoms with E-state index in [0.717, 1.165) is 12.8 Å². The van der Waals surface area contributed by atoms with E-state index in [0.29, 0.717) is 28.8 Å². The number of fused-ring (bicyclic) bond motifs is 2. The molecule has 5 rings (SSSR count). The number of ether oxygens (including phenoxy) is 1. The van der Waals surface area contributed by atoms with Crippen molar-refractivity contribution in [3.8, 4) is 0 Å². The van der Waals surface area contributed by atoms with Crippen molar-refractivity contribution in [3.63, 3.8) is 0 Å². The molecule has 2 heterocycles. The Morgan fingerprint density at radius 2 is 1.74 bits per heavy atom. The Labute approximate surface area is 202 Å². The van der Waals surface area contributed by atoms with Crippen molar-refractivity contribution in [1.29, 1.82) is 0 Å². The molecule has 1 aromatic heterocycles. The molecule has 4 aromatic rings. The van der Waals surface area contributed by atoms with Gasteiger partial charge in [0.25, 0.3) is 5.56 Å². The number of carbonyl (C=O) groups excluding carboxylic acids is 1. The van der Waals surface area contributed by atoms with Gasteiger partial charge in [0.2, 0.25) is 10.0 Å². The summed E-state index contributed by atoms with van der Waals surface area (Å²) in [6.07, 6.45) is 0.722. The van der Waals surface area contributed by atoms with Gasteiger partial charge in [-0.2, -0.15) is 0 Å². The lowest BCUT2D eigenvalue weighted by Crippen LogP contribution is -2.30. The first-order valence-electron chi connectivity index (χ1n) is 11.3. The molecular weight excluding hydrogens is 466 g/mol. The summed E-state index contributed by atoms with van der Waals surface area (Å²) in [4.78, 5) is 30.5. The lowest BCUT2D eigenvalue weighted by Gasteiger charge is -2.19. The van der Waals surface area contributed by atoms with E-state index in [2.05, 4.69) is 9.71 Å². The highest BCUT2D eigenvalue weighted by atomic mass is 32.2. The number of hydrogen-bond acceptors (Lipinski definition) is 6. The monoisotopic (exact) mass is 489 g/mol. The Hall–Kier alpha value is -3.82. The molecule has 0 radical (unpaired) electrons. The zero-order chi connectivity index (χ0) is 24.4. The Morgan fingerprint density at radius 3 is 2.49 bits per heavy atom. The number of benzene rings is 3. The normalized spacial score (nSPS) is 13.9. The minimum atomic E-state index is -3.79. The number of hydrogen-bond donors (Lipinski definition) is 1. The van der Waals surface area contributed by atoms with E-state index in [1.54, 1.807) is 59.2 Å². The van der Waals surface area contributed by atoms with Gasteiger partial charge < -0.3 is 4.74 Å². The van der Waals surface area contributed by atoms with Crippen LogP contribution in [0.3, 0.4) is 0 Å². The molecule has 0 bridgehead atoms. The van der Waals surface area contributed by atoms with Crippen LogP contribution in [0.4, 0.5) is 0 Å². The van der Waals surface area contributed by atoms with Crippen LogP contribution >= 0.6 is 0 Å². The lowest BCUT2D eigenvalue weighted by atomic mass is 10.1. The molecule has 1 aliphatic heterocycles. The van der Waals surface area contributed by atoms with Gasteiger partial charge in [0.1, 0.15) is 11.9 Å². The summed E-state index contributed by atoms with van der Waals surface area (Å²) < 4.78 is 35.4. The molecule has 0 fully saturated rings. The van der Waals surface area contributed by atoms with Crippen LogP contribution in [-0.2, 0) is 27.7 Å². The second-order valence-electron chi connectivity index (χ2n) is 8.29. The molecular formula is C26H23N3O5S. The first kappa shape index (κ1) is 22.9. The van der Waals surface area contributed by atoms with Crippen LogP contribution in [0.2, 0.25) is 0 Å². The molecule has 35 heavy (non-hydrogen) atoms. The molecule has 0 amide bonds. The first-order valence-corrected chi connectivity index (χ1v) is 12.7. The van der Waals surface area contributed by atoms with Crippen molar-refractivity contribution in [3.05, 3.63) is 106 Å². The summed E-state index contributed by atoms with van der Waals surface area (Å²) in [7, 11) is -3.79. The van der Waals surface area contributed by atoms with Gasteiger partial charge in [-0.1, -0.05) is 48.5 Å². The average Bonchev–Trinajstić information content (AvgIpc) is 3.36. The predicted molar refractivity (Wildman–Crippen MR) is 131 cm³/mol. The van der Waals surface area contributed by atoms with Crippen LogP contribution in [-0.4, -0.2) is 30.5 Å². The van der Waals surface area contributed by atoms with E-state index in [4.69, 9.17) is 4.74 Å². The summed E-state index contributed by atoms with van der Waals surface area (Å²) in [6, 6.07) is 21.6. The number of esters is 1. The molecule has 0 saturated carbocycles. The molecule has 1 aliphatic rings. The number of aromatic nitrogens is 2. The smallest absolute Gasteiger partial charge is 0.338 e. The van der Waals surface area contributed by atoms with Crippen molar-refractivity contribution < 1.29 is 17.9 Å². The van der Waals surface area contributed by atoms with Gasteiger partial charge in [-0.25, -0.2) is 22.9 Å². The third-order valence-corrected chi connectivity index (χ3v) is 7.42. The highest BCUT2D eigenvalue weighted by Crippen LogP contribution is 2.22. The Balaban J connectivity index is 1.40. The lowest BCUT2D eigenvalue weighted by molar-refractivity contribution is 0.0308. The predicted octanol–water partition coefficient (Wildman–Crippen LogP) is 3.22. The fourth-order valence-electron chi connectivity index (χ4n) is 4.17. The summed E-state index contributed by atoms with van der Waals surface area (Å²) in [6.45, 7) is 0.506. The summed E-state index contributed by atoms with van der Waals surface area (Å²) in [5, 5.41) is 0.447. The zero-order valence-corrected chi connectivity index (χ0v) is 19.6. The second kappa shape index (κ2) is 9.44. The number of nitrogens with zero attached hydrogens (tertiary/aromatic N) is 2. The van der Waals surface area contributed by atoms with Gasteiger partial charge in [0.15, 0.2) is 0 Å². The summed E-state index contributed by atoms with van der Waals surface area (Å²) in [5.41, 5.74) is 1.21. The van der Waals surface area contributed by atoms with Crippen molar-refractivity contribution in [2.45, 2.75) is 30.4 Å². The molecule has 8 nitrogen and oxygen atoms in total. The van der Waals surface area contributed by atoms with Crippen molar-refractivity contribution in [1.82, 2.24) is 14.3 Å². The van der Waals surface area contributed by atoms with Crippen LogP contribution in [0.1, 0.15) is 34.3 Å². The maximum atomic E-state index is 13.1. The number of rotatable bonds is 7. The van der Waals surface area contributed by atoms with E-state index < -0.39 is 22.1 Å². The molecule has 1 N–H and O–H groups in total. The molecule has 178 valence electrons. The zero-order valence-electron chi connectivity index (χ0n) is 18.8. The number of nitrogens with one attached hydrogen (secondary N) is 1. The molecule has 0 saturated heterocycles. The number of carbonyl (C=O) groups is 1. The fraction of sp³-hybridized carbons (Fsp3) is 0.192. The van der Waals surface area contributed by atoms with Crippen LogP contribution in [0.15, 0.2) is 88.6 Å². The van der Waals surface area contributed by atoms with E-state index >= 15 is 0 Å². The Morgan fingerprint density at radius 1 is 1.03 bits per heavy atom. The minimum Gasteiger partial charge on any atom is -0.452 e. The average molecular weight is 490 g/mol. The van der Waals surface area contributed by atoms with Crippen LogP contribution in [0, 0.1) is 0 Å². The Bertz CT molecular complexity index is 1550. The molecule has 3 aromatic carbocycles. The topological polar surface area (TPSA) is 107 Å². The van der Waals surface area contributed by atoms with Crippen molar-refractivity contribution in [2.24, 2.45) is 0 Å². The molecule has 1 unspecified atom stereocenters. The van der Waals surface area contributed by atoms with Crippen molar-refractivity contribution in [2.75, 3.05) is 6.54 Å². The summed E-state index contributed by atoms with van der Waals surface area (Å²) >= 11 is 0. The van der Waals surface area contributed by atoms with E-state index in [1.165, 1.54) is 18.2 Å². The van der Waals surface area contributed by atoms with Gasteiger partial charge >= 0.3 is 5.97 Å². The largest absolute Gasteiger partial charge is 0.452 e. The highest BCUT2D eigenvalue weighted by Gasteiger charge is 2.23. The standard InChI is InChI=1S/C26H23N3O5S/c30-25-21-14-13-19(16-22(21)28-24-12-7-15-29(24)25)26(31)34-23(18-8-3-1-4-9-18)17-27-35(32,33)20-10-5-2-6-11-20/h1-6,8-11,13-14,16,23,27H,7,12,15,17H2. The SMILES string of the molecule is O=C(OC(CNS(=O)(=O)c1ccccc1)c1ccccc1)c1ccc2c(=O)n3c(nc2c1)CCC3. The molecule has 0 aliphatic carbocycles. The quantitative estimate of drug-likeness (QED) is 0.400. The van der Waals surface area contributed by atoms with Gasteiger partial charge in [0, 0.05) is 13.0 Å². The maximum absolute atomic E-state index is 13.1. The van der Waals surface area contributed by atoms with E-state index in [-0.39, 0.29) is 22.6 Å². The van der Waals surface area contributed by atoms with Gasteiger partial charge in [0.05, 0.1) is 27.9 Å². The third-order valence-electron chi connectivity index (χ3n) is 5.99. The first-order chi connectivity index (χ1) is 16.9. The van der Waals surface area contributed by atoms with Crippen LogP contribution in [0.25, 0.3) is 10.9 Å². The number of sulfonamides is 1. The van der Waals surface area contributed by atoms with Gasteiger partial charge in [-0.05, 0) is 42.3 Å². The molecule has 9 heteroatoms. The van der Waals surface area contributed by atoms with Crippen LogP contribution in [0.5, 0.6) is 0 Å². The van der Waals surface area contributed by atoms with Crippen molar-refractivity contribution >= 4 is 26.9 Å².